The summed E-state index contributed by atoms with van der Waals surface area (Å²) < 4.78 is 0. The van der Waals surface area contributed by atoms with E-state index in [2.05, 4.69) is 12.2 Å². The van der Waals surface area contributed by atoms with E-state index in [0.29, 0.717) is 6.04 Å². The number of hydrogen-bond acceptors (Lipinski definition) is 1. The van der Waals surface area contributed by atoms with Gasteiger partial charge in [-0.3, -0.25) is 0 Å². The fourth-order valence-corrected chi connectivity index (χ4v) is 1.19. The zero-order valence-electron chi connectivity index (χ0n) is 5.84. The molecule has 0 bridgehead atoms. The van der Waals surface area contributed by atoms with E-state index in [1.165, 1.54) is 32.1 Å². The molecule has 0 aromatic heterocycles. The molecule has 0 radical (unpaired) electrons. The van der Waals surface area contributed by atoms with Crippen molar-refractivity contribution in [2.24, 2.45) is 5.73 Å². The summed E-state index contributed by atoms with van der Waals surface area (Å²) in [6.07, 6.45) is 10.8. The maximum absolute atomic E-state index is 5.72. The molecule has 1 atom stereocenters. The van der Waals surface area contributed by atoms with Gasteiger partial charge in [-0.15, -0.1) is 0 Å². The first kappa shape index (κ1) is 6.81. The summed E-state index contributed by atoms with van der Waals surface area (Å²) >= 11 is 0. The lowest BCUT2D eigenvalue weighted by atomic mass is 10.0. The van der Waals surface area contributed by atoms with Crippen molar-refractivity contribution in [2.45, 2.75) is 38.1 Å². The third-order valence-corrected chi connectivity index (χ3v) is 1.79. The molecule has 0 saturated heterocycles. The van der Waals surface area contributed by atoms with Gasteiger partial charge in [0.2, 0.25) is 0 Å². The van der Waals surface area contributed by atoms with Gasteiger partial charge in [0, 0.05) is 6.04 Å². The van der Waals surface area contributed by atoms with Gasteiger partial charge in [0.05, 0.1) is 0 Å². The molecule has 52 valence electrons. The van der Waals surface area contributed by atoms with E-state index in [9.17, 15) is 0 Å². The first-order valence-electron chi connectivity index (χ1n) is 3.82. The van der Waals surface area contributed by atoms with Crippen LogP contribution in [0.3, 0.4) is 0 Å². The van der Waals surface area contributed by atoms with E-state index < -0.39 is 0 Å². The first-order chi connectivity index (χ1) is 4.39. The highest BCUT2D eigenvalue weighted by molar-refractivity contribution is 4.92. The average Bonchev–Trinajstić information content (AvgIpc) is 1.79. The highest BCUT2D eigenvalue weighted by atomic mass is 14.6. The van der Waals surface area contributed by atoms with Crippen LogP contribution in [-0.4, -0.2) is 6.04 Å². The smallest absolute Gasteiger partial charge is 0.0223 e. The normalized spacial score (nSPS) is 29.2. The molecule has 0 amide bonds. The summed E-state index contributed by atoms with van der Waals surface area (Å²) in [5.74, 6) is 0. The van der Waals surface area contributed by atoms with Crippen molar-refractivity contribution in [1.29, 1.82) is 0 Å². The Morgan fingerprint density at radius 2 is 2.11 bits per heavy atom. The van der Waals surface area contributed by atoms with E-state index in [1.807, 2.05) is 0 Å². The third kappa shape index (κ3) is 2.66. The van der Waals surface area contributed by atoms with Gasteiger partial charge >= 0.3 is 0 Å². The minimum atomic E-state index is 0.338. The zero-order chi connectivity index (χ0) is 6.53. The molecule has 1 nitrogen and oxygen atoms in total. The fourth-order valence-electron chi connectivity index (χ4n) is 1.19. The van der Waals surface area contributed by atoms with Crippen LogP contribution in [0.5, 0.6) is 0 Å². The van der Waals surface area contributed by atoms with Crippen LogP contribution >= 0.6 is 0 Å². The summed E-state index contributed by atoms with van der Waals surface area (Å²) in [6.45, 7) is 0. The molecule has 0 heterocycles. The van der Waals surface area contributed by atoms with Crippen molar-refractivity contribution in [3.8, 4) is 0 Å². The molecule has 1 unspecified atom stereocenters. The molecular formula is C8H15N. The second kappa shape index (κ2) is 3.67. The summed E-state index contributed by atoms with van der Waals surface area (Å²) in [6, 6.07) is 0.338. The molecule has 1 rings (SSSR count). The van der Waals surface area contributed by atoms with Gasteiger partial charge in [0.1, 0.15) is 0 Å². The summed E-state index contributed by atoms with van der Waals surface area (Å²) in [7, 11) is 0. The predicted octanol–water partition coefficient (Wildman–Crippen LogP) is 1.83. The van der Waals surface area contributed by atoms with Crippen LogP contribution in [0.25, 0.3) is 0 Å². The standard InChI is InChI=1S/C8H15N/c9-8-6-4-2-1-3-5-7-8/h4,6,8H,1-3,5,7,9H2. The van der Waals surface area contributed by atoms with Crippen molar-refractivity contribution in [3.05, 3.63) is 12.2 Å². The Hall–Kier alpha value is -0.300. The van der Waals surface area contributed by atoms with E-state index in [-0.39, 0.29) is 0 Å². The van der Waals surface area contributed by atoms with Crippen molar-refractivity contribution in [3.63, 3.8) is 0 Å². The second-order valence-corrected chi connectivity index (χ2v) is 2.73. The van der Waals surface area contributed by atoms with Gasteiger partial charge < -0.3 is 5.73 Å². The van der Waals surface area contributed by atoms with Crippen LogP contribution in [0.15, 0.2) is 12.2 Å². The molecule has 1 aliphatic rings. The second-order valence-electron chi connectivity index (χ2n) is 2.73. The SMILES string of the molecule is NC1C=CCCCCC1. The van der Waals surface area contributed by atoms with E-state index >= 15 is 0 Å². The average molecular weight is 125 g/mol. The summed E-state index contributed by atoms with van der Waals surface area (Å²) in [5, 5.41) is 0. The van der Waals surface area contributed by atoms with E-state index in [4.69, 9.17) is 5.73 Å². The van der Waals surface area contributed by atoms with Crippen LogP contribution in [0.1, 0.15) is 32.1 Å². The third-order valence-electron chi connectivity index (χ3n) is 1.79. The Bertz CT molecular complexity index is 96.7. The monoisotopic (exact) mass is 125 g/mol. The molecule has 9 heavy (non-hydrogen) atoms. The van der Waals surface area contributed by atoms with Gasteiger partial charge in [-0.25, -0.2) is 0 Å². The quantitative estimate of drug-likeness (QED) is 0.491. The van der Waals surface area contributed by atoms with Crippen molar-refractivity contribution in [2.75, 3.05) is 0 Å². The lowest BCUT2D eigenvalue weighted by Gasteiger charge is -2.08. The molecule has 0 fully saturated rings. The zero-order valence-corrected chi connectivity index (χ0v) is 5.84. The number of rotatable bonds is 0. The molecule has 0 spiro atoms. The molecule has 0 aliphatic heterocycles. The molecule has 2 N–H and O–H groups in total. The van der Waals surface area contributed by atoms with Crippen LogP contribution < -0.4 is 5.73 Å². The largest absolute Gasteiger partial charge is 0.324 e. The number of allylic oxidation sites excluding steroid dienone is 1. The van der Waals surface area contributed by atoms with Crippen molar-refractivity contribution in [1.82, 2.24) is 0 Å². The predicted molar refractivity (Wildman–Crippen MR) is 40.2 cm³/mol. The Labute approximate surface area is 56.9 Å². The number of hydrogen-bond donors (Lipinski definition) is 1. The van der Waals surface area contributed by atoms with Gasteiger partial charge in [-0.05, 0) is 19.3 Å². The van der Waals surface area contributed by atoms with E-state index in [0.717, 1.165) is 0 Å². The van der Waals surface area contributed by atoms with Crippen molar-refractivity contribution >= 4 is 0 Å². The fraction of sp³-hybridized carbons (Fsp3) is 0.750. The summed E-state index contributed by atoms with van der Waals surface area (Å²) in [5.41, 5.74) is 5.72. The maximum Gasteiger partial charge on any atom is 0.0223 e. The van der Waals surface area contributed by atoms with Crippen molar-refractivity contribution < 1.29 is 0 Å². The minimum Gasteiger partial charge on any atom is -0.324 e. The van der Waals surface area contributed by atoms with Gasteiger partial charge in [-0.1, -0.05) is 25.0 Å². The molecule has 0 saturated carbocycles. The Morgan fingerprint density at radius 1 is 1.22 bits per heavy atom. The number of nitrogens with two attached hydrogens (primary N) is 1. The Morgan fingerprint density at radius 3 is 3.00 bits per heavy atom. The van der Waals surface area contributed by atoms with Gasteiger partial charge in [0.25, 0.3) is 0 Å². The van der Waals surface area contributed by atoms with Gasteiger partial charge in [-0.2, -0.15) is 0 Å². The van der Waals surface area contributed by atoms with Gasteiger partial charge in [0.15, 0.2) is 0 Å². The summed E-state index contributed by atoms with van der Waals surface area (Å²) in [4.78, 5) is 0. The highest BCUT2D eigenvalue weighted by Crippen LogP contribution is 2.09. The molecule has 1 aliphatic carbocycles. The molecular weight excluding hydrogens is 110 g/mol. The topological polar surface area (TPSA) is 26.0 Å². The Balaban J connectivity index is 2.30. The lowest BCUT2D eigenvalue weighted by molar-refractivity contribution is 0.593. The van der Waals surface area contributed by atoms with E-state index in [1.54, 1.807) is 0 Å². The van der Waals surface area contributed by atoms with Crippen LogP contribution in [0, 0.1) is 0 Å². The Kier molecular flexibility index (Phi) is 2.78. The minimum absolute atomic E-state index is 0.338. The van der Waals surface area contributed by atoms with Crippen LogP contribution in [0.2, 0.25) is 0 Å². The lowest BCUT2D eigenvalue weighted by Crippen LogP contribution is -2.16. The highest BCUT2D eigenvalue weighted by Gasteiger charge is 1.98. The van der Waals surface area contributed by atoms with Crippen LogP contribution in [-0.2, 0) is 0 Å². The molecule has 1 heteroatoms. The first-order valence-corrected chi connectivity index (χ1v) is 3.82. The van der Waals surface area contributed by atoms with Crippen LogP contribution in [0.4, 0.5) is 0 Å². The maximum atomic E-state index is 5.72. The molecule has 0 aromatic rings. The molecule has 0 aromatic carbocycles.